The Labute approximate surface area is 166 Å². The molecule has 4 rings (SSSR count). The Balaban J connectivity index is 1.35. The van der Waals surface area contributed by atoms with E-state index in [1.807, 2.05) is 0 Å². The zero-order valence-electron chi connectivity index (χ0n) is 16.5. The summed E-state index contributed by atoms with van der Waals surface area (Å²) in [5, 5.41) is 2.90. The van der Waals surface area contributed by atoms with Crippen molar-refractivity contribution >= 4 is 5.91 Å². The van der Waals surface area contributed by atoms with E-state index in [-0.39, 0.29) is 12.0 Å². The Kier molecular flexibility index (Phi) is 6.07. The second-order valence-electron chi connectivity index (χ2n) is 8.01. The summed E-state index contributed by atoms with van der Waals surface area (Å²) < 4.78 is 11.2. The summed E-state index contributed by atoms with van der Waals surface area (Å²) in [6.07, 6.45) is 6.24. The normalized spacial score (nSPS) is 19.3. The van der Waals surface area contributed by atoms with Gasteiger partial charge in [0, 0.05) is 26.2 Å². The van der Waals surface area contributed by atoms with Crippen molar-refractivity contribution < 1.29 is 13.9 Å². The first-order valence-corrected chi connectivity index (χ1v) is 10.3. The standard InChI is InChI=1S/C22H29N3O3/c1-16-5-2-3-6-18(16)13-25(12-17-8-9-17)14-21-24-20(15-28-21)22(26)23-11-19-7-4-10-27-19/h2-3,5-6,15,17,19H,4,7-14H2,1H3,(H,23,26). The van der Waals surface area contributed by atoms with E-state index in [1.165, 1.54) is 30.2 Å². The minimum atomic E-state index is -0.196. The average molecular weight is 383 g/mol. The number of ether oxygens (including phenoxy) is 1. The van der Waals surface area contributed by atoms with Crippen molar-refractivity contribution in [3.05, 3.63) is 53.2 Å². The van der Waals surface area contributed by atoms with Crippen LogP contribution in [0.25, 0.3) is 0 Å². The Bertz CT molecular complexity index is 794. The van der Waals surface area contributed by atoms with Gasteiger partial charge in [-0.05, 0) is 49.7 Å². The molecule has 0 bridgehead atoms. The van der Waals surface area contributed by atoms with Crippen LogP contribution < -0.4 is 5.32 Å². The summed E-state index contributed by atoms with van der Waals surface area (Å²) in [5.41, 5.74) is 2.96. The average Bonchev–Trinajstić information content (AvgIpc) is 3.16. The zero-order valence-corrected chi connectivity index (χ0v) is 16.5. The second-order valence-corrected chi connectivity index (χ2v) is 8.01. The minimum absolute atomic E-state index is 0.124. The molecule has 1 aromatic carbocycles. The van der Waals surface area contributed by atoms with E-state index in [9.17, 15) is 4.79 Å². The molecule has 2 heterocycles. The number of nitrogens with zero attached hydrogens (tertiary/aromatic N) is 2. The largest absolute Gasteiger partial charge is 0.447 e. The van der Waals surface area contributed by atoms with Gasteiger partial charge in [0.05, 0.1) is 12.6 Å². The van der Waals surface area contributed by atoms with Crippen LogP contribution >= 0.6 is 0 Å². The summed E-state index contributed by atoms with van der Waals surface area (Å²) in [6.45, 7) is 5.98. The summed E-state index contributed by atoms with van der Waals surface area (Å²) in [7, 11) is 0. The third-order valence-electron chi connectivity index (χ3n) is 5.53. The van der Waals surface area contributed by atoms with Crippen LogP contribution in [0.2, 0.25) is 0 Å². The van der Waals surface area contributed by atoms with Crippen LogP contribution in [0.1, 0.15) is 53.2 Å². The highest BCUT2D eigenvalue weighted by atomic mass is 16.5. The van der Waals surface area contributed by atoms with Crippen molar-refractivity contribution in [1.29, 1.82) is 0 Å². The van der Waals surface area contributed by atoms with E-state index in [1.54, 1.807) is 0 Å². The Morgan fingerprint density at radius 1 is 1.25 bits per heavy atom. The maximum atomic E-state index is 12.3. The molecule has 1 saturated heterocycles. The SMILES string of the molecule is Cc1ccccc1CN(Cc1nc(C(=O)NCC2CCCO2)co1)CC1CC1. The number of carbonyl (C=O) groups excluding carboxylic acids is 1. The van der Waals surface area contributed by atoms with E-state index in [2.05, 4.69) is 46.4 Å². The highest BCUT2D eigenvalue weighted by Crippen LogP contribution is 2.31. The number of oxazole rings is 1. The van der Waals surface area contributed by atoms with Crippen molar-refractivity contribution in [2.45, 2.75) is 51.8 Å². The molecule has 1 saturated carbocycles. The van der Waals surface area contributed by atoms with Gasteiger partial charge in [-0.15, -0.1) is 0 Å². The number of amides is 1. The summed E-state index contributed by atoms with van der Waals surface area (Å²) in [4.78, 5) is 19.1. The maximum absolute atomic E-state index is 12.3. The highest BCUT2D eigenvalue weighted by Gasteiger charge is 2.26. The Morgan fingerprint density at radius 3 is 2.86 bits per heavy atom. The van der Waals surface area contributed by atoms with Crippen molar-refractivity contribution in [3.63, 3.8) is 0 Å². The smallest absolute Gasteiger partial charge is 0.273 e. The molecule has 1 unspecified atom stereocenters. The summed E-state index contributed by atoms with van der Waals surface area (Å²) in [6, 6.07) is 8.47. The number of nitrogens with one attached hydrogen (secondary N) is 1. The van der Waals surface area contributed by atoms with Crippen molar-refractivity contribution in [2.24, 2.45) is 5.92 Å². The first-order chi connectivity index (χ1) is 13.7. The predicted octanol–water partition coefficient (Wildman–Crippen LogP) is 3.30. The van der Waals surface area contributed by atoms with E-state index in [0.717, 1.165) is 38.5 Å². The molecule has 28 heavy (non-hydrogen) atoms. The van der Waals surface area contributed by atoms with Crippen LogP contribution in [-0.2, 0) is 17.8 Å². The fraction of sp³-hybridized carbons (Fsp3) is 0.545. The molecular weight excluding hydrogens is 354 g/mol. The maximum Gasteiger partial charge on any atom is 0.273 e. The molecule has 1 atom stereocenters. The number of hydrogen-bond donors (Lipinski definition) is 1. The molecule has 1 aromatic heterocycles. The lowest BCUT2D eigenvalue weighted by molar-refractivity contribution is 0.0853. The molecule has 2 fully saturated rings. The van der Waals surface area contributed by atoms with Crippen molar-refractivity contribution in [3.8, 4) is 0 Å². The lowest BCUT2D eigenvalue weighted by Gasteiger charge is -2.21. The molecule has 2 aromatic rings. The Hall–Kier alpha value is -2.18. The van der Waals surface area contributed by atoms with E-state index >= 15 is 0 Å². The number of benzene rings is 1. The molecule has 1 aliphatic carbocycles. The molecule has 1 aliphatic heterocycles. The second kappa shape index (κ2) is 8.88. The molecule has 6 nitrogen and oxygen atoms in total. The molecule has 1 N–H and O–H groups in total. The molecule has 1 amide bonds. The van der Waals surface area contributed by atoms with Gasteiger partial charge in [0.25, 0.3) is 5.91 Å². The van der Waals surface area contributed by atoms with E-state index in [4.69, 9.17) is 9.15 Å². The predicted molar refractivity (Wildman–Crippen MR) is 106 cm³/mol. The zero-order chi connectivity index (χ0) is 19.3. The van der Waals surface area contributed by atoms with Gasteiger partial charge < -0.3 is 14.5 Å². The summed E-state index contributed by atoms with van der Waals surface area (Å²) >= 11 is 0. The lowest BCUT2D eigenvalue weighted by atomic mass is 10.1. The fourth-order valence-electron chi connectivity index (χ4n) is 3.66. The minimum Gasteiger partial charge on any atom is -0.447 e. The van der Waals surface area contributed by atoms with Crippen LogP contribution in [0.15, 0.2) is 34.9 Å². The Morgan fingerprint density at radius 2 is 2.11 bits per heavy atom. The fourth-order valence-corrected chi connectivity index (χ4v) is 3.66. The van der Waals surface area contributed by atoms with Gasteiger partial charge in [-0.25, -0.2) is 4.98 Å². The topological polar surface area (TPSA) is 67.6 Å². The van der Waals surface area contributed by atoms with Gasteiger partial charge in [-0.2, -0.15) is 0 Å². The third kappa shape index (κ3) is 5.20. The van der Waals surface area contributed by atoms with Crippen LogP contribution in [0.5, 0.6) is 0 Å². The van der Waals surface area contributed by atoms with Gasteiger partial charge in [-0.3, -0.25) is 9.69 Å². The van der Waals surface area contributed by atoms with Crippen molar-refractivity contribution in [1.82, 2.24) is 15.2 Å². The van der Waals surface area contributed by atoms with Crippen LogP contribution in [0.3, 0.4) is 0 Å². The van der Waals surface area contributed by atoms with Gasteiger partial charge >= 0.3 is 0 Å². The number of hydrogen-bond acceptors (Lipinski definition) is 5. The number of rotatable bonds is 9. The van der Waals surface area contributed by atoms with E-state index in [0.29, 0.717) is 24.7 Å². The van der Waals surface area contributed by atoms with Crippen LogP contribution in [0, 0.1) is 12.8 Å². The highest BCUT2D eigenvalue weighted by molar-refractivity contribution is 5.91. The molecule has 2 aliphatic rings. The van der Waals surface area contributed by atoms with Crippen LogP contribution in [-0.4, -0.2) is 41.6 Å². The van der Waals surface area contributed by atoms with Crippen molar-refractivity contribution in [2.75, 3.05) is 19.7 Å². The van der Waals surface area contributed by atoms with Crippen LogP contribution in [0.4, 0.5) is 0 Å². The number of aryl methyl sites for hydroxylation is 1. The van der Waals surface area contributed by atoms with Gasteiger partial charge in [0.15, 0.2) is 5.69 Å². The molecule has 0 spiro atoms. The summed E-state index contributed by atoms with van der Waals surface area (Å²) in [5.74, 6) is 1.17. The monoisotopic (exact) mass is 383 g/mol. The molecule has 6 heteroatoms. The number of carbonyl (C=O) groups is 1. The molecule has 0 radical (unpaired) electrons. The lowest BCUT2D eigenvalue weighted by Crippen LogP contribution is -2.32. The number of aromatic nitrogens is 1. The molecular formula is C22H29N3O3. The van der Waals surface area contributed by atoms with Gasteiger partial charge in [0.1, 0.15) is 6.26 Å². The van der Waals surface area contributed by atoms with E-state index < -0.39 is 0 Å². The third-order valence-corrected chi connectivity index (χ3v) is 5.53. The first kappa shape index (κ1) is 19.2. The molecule has 150 valence electrons. The van der Waals surface area contributed by atoms with Gasteiger partial charge in [-0.1, -0.05) is 24.3 Å². The first-order valence-electron chi connectivity index (χ1n) is 10.3. The quantitative estimate of drug-likeness (QED) is 0.720. The van der Waals surface area contributed by atoms with Gasteiger partial charge in [0.2, 0.25) is 5.89 Å².